The molecule has 96 valence electrons. The highest BCUT2D eigenvalue weighted by Gasteiger charge is 2.25. The molecule has 0 aliphatic carbocycles. The molecule has 1 heterocycles. The number of hydrogen-bond acceptors (Lipinski definition) is 3. The summed E-state index contributed by atoms with van der Waals surface area (Å²) in [6.07, 6.45) is 2.56. The van der Waals surface area contributed by atoms with Gasteiger partial charge in [-0.05, 0) is 19.3 Å². The van der Waals surface area contributed by atoms with E-state index in [1.54, 1.807) is 7.11 Å². The standard InChI is InChI=1S/C13H28N2O/c1-5-6-13-9-15(12(3)7-14-13)8-11(2)10-16-4/h11-14H,5-10H2,1-4H3. The highest BCUT2D eigenvalue weighted by atomic mass is 16.5. The predicted molar refractivity (Wildman–Crippen MR) is 68.8 cm³/mol. The molecule has 0 aromatic heterocycles. The predicted octanol–water partition coefficient (Wildman–Crippen LogP) is 1.73. The van der Waals surface area contributed by atoms with Gasteiger partial charge in [-0.3, -0.25) is 4.90 Å². The maximum Gasteiger partial charge on any atom is 0.0500 e. The van der Waals surface area contributed by atoms with Crippen LogP contribution in [0.5, 0.6) is 0 Å². The molecule has 3 heteroatoms. The number of rotatable bonds is 6. The molecule has 0 spiro atoms. The molecule has 3 unspecified atom stereocenters. The minimum absolute atomic E-state index is 0.632. The van der Waals surface area contributed by atoms with Crippen LogP contribution >= 0.6 is 0 Å². The van der Waals surface area contributed by atoms with E-state index < -0.39 is 0 Å². The molecule has 0 bridgehead atoms. The van der Waals surface area contributed by atoms with Crippen molar-refractivity contribution < 1.29 is 4.74 Å². The Labute approximate surface area is 101 Å². The van der Waals surface area contributed by atoms with E-state index in [1.807, 2.05) is 0 Å². The number of methoxy groups -OCH3 is 1. The van der Waals surface area contributed by atoms with Gasteiger partial charge < -0.3 is 10.1 Å². The zero-order valence-electron chi connectivity index (χ0n) is 11.3. The van der Waals surface area contributed by atoms with Gasteiger partial charge in [0.05, 0.1) is 0 Å². The summed E-state index contributed by atoms with van der Waals surface area (Å²) in [5, 5.41) is 3.63. The van der Waals surface area contributed by atoms with Crippen LogP contribution < -0.4 is 5.32 Å². The fourth-order valence-corrected chi connectivity index (χ4v) is 2.53. The van der Waals surface area contributed by atoms with Gasteiger partial charge in [-0.25, -0.2) is 0 Å². The van der Waals surface area contributed by atoms with E-state index in [-0.39, 0.29) is 0 Å². The van der Waals surface area contributed by atoms with Crippen LogP contribution in [0.15, 0.2) is 0 Å². The highest BCUT2D eigenvalue weighted by Crippen LogP contribution is 2.12. The first-order chi connectivity index (χ1) is 7.67. The Bertz CT molecular complexity index is 185. The van der Waals surface area contributed by atoms with Gasteiger partial charge >= 0.3 is 0 Å². The quantitative estimate of drug-likeness (QED) is 0.749. The van der Waals surface area contributed by atoms with Gasteiger partial charge in [0.25, 0.3) is 0 Å². The van der Waals surface area contributed by atoms with E-state index in [2.05, 4.69) is 31.0 Å². The highest BCUT2D eigenvalue weighted by molar-refractivity contribution is 4.84. The Morgan fingerprint density at radius 1 is 1.50 bits per heavy atom. The van der Waals surface area contributed by atoms with Crippen molar-refractivity contribution in [3.05, 3.63) is 0 Å². The second-order valence-corrected chi connectivity index (χ2v) is 5.26. The first-order valence-electron chi connectivity index (χ1n) is 6.63. The van der Waals surface area contributed by atoms with E-state index in [9.17, 15) is 0 Å². The number of hydrogen-bond donors (Lipinski definition) is 1. The van der Waals surface area contributed by atoms with Crippen molar-refractivity contribution in [2.45, 2.75) is 45.7 Å². The number of nitrogens with zero attached hydrogens (tertiary/aromatic N) is 1. The van der Waals surface area contributed by atoms with E-state index in [0.29, 0.717) is 18.0 Å². The lowest BCUT2D eigenvalue weighted by Crippen LogP contribution is -2.56. The molecule has 1 rings (SSSR count). The Hall–Kier alpha value is -0.120. The summed E-state index contributed by atoms with van der Waals surface area (Å²) in [7, 11) is 1.79. The summed E-state index contributed by atoms with van der Waals surface area (Å²) in [4.78, 5) is 2.61. The minimum Gasteiger partial charge on any atom is -0.384 e. The molecule has 3 nitrogen and oxygen atoms in total. The van der Waals surface area contributed by atoms with E-state index in [4.69, 9.17) is 4.74 Å². The molecular weight excluding hydrogens is 200 g/mol. The van der Waals surface area contributed by atoms with E-state index in [1.165, 1.54) is 19.4 Å². The average Bonchev–Trinajstić information content (AvgIpc) is 2.24. The summed E-state index contributed by atoms with van der Waals surface area (Å²) < 4.78 is 5.21. The van der Waals surface area contributed by atoms with Gasteiger partial charge in [0.15, 0.2) is 0 Å². The fourth-order valence-electron chi connectivity index (χ4n) is 2.53. The van der Waals surface area contributed by atoms with Crippen molar-refractivity contribution in [2.75, 3.05) is 33.4 Å². The zero-order valence-corrected chi connectivity index (χ0v) is 11.3. The number of nitrogens with one attached hydrogen (secondary N) is 1. The number of ether oxygens (including phenoxy) is 1. The maximum absolute atomic E-state index is 5.21. The van der Waals surface area contributed by atoms with E-state index >= 15 is 0 Å². The molecule has 1 saturated heterocycles. The van der Waals surface area contributed by atoms with Gasteiger partial charge in [-0.1, -0.05) is 20.3 Å². The molecule has 1 aliphatic rings. The second-order valence-electron chi connectivity index (χ2n) is 5.26. The second kappa shape index (κ2) is 7.25. The van der Waals surface area contributed by atoms with Crippen molar-refractivity contribution in [1.29, 1.82) is 0 Å². The normalized spacial score (nSPS) is 29.2. The monoisotopic (exact) mass is 228 g/mol. The van der Waals surface area contributed by atoms with Crippen LogP contribution in [-0.4, -0.2) is 50.3 Å². The molecule has 1 N–H and O–H groups in total. The van der Waals surface area contributed by atoms with Gasteiger partial charge in [-0.2, -0.15) is 0 Å². The smallest absolute Gasteiger partial charge is 0.0500 e. The van der Waals surface area contributed by atoms with Crippen molar-refractivity contribution in [3.63, 3.8) is 0 Å². The summed E-state index contributed by atoms with van der Waals surface area (Å²) in [5.41, 5.74) is 0. The molecule has 0 saturated carbocycles. The fraction of sp³-hybridized carbons (Fsp3) is 1.00. The molecular formula is C13H28N2O. The van der Waals surface area contributed by atoms with Crippen LogP contribution in [0.1, 0.15) is 33.6 Å². The minimum atomic E-state index is 0.632. The van der Waals surface area contributed by atoms with Crippen molar-refractivity contribution in [3.8, 4) is 0 Å². The van der Waals surface area contributed by atoms with Crippen molar-refractivity contribution in [2.24, 2.45) is 5.92 Å². The Morgan fingerprint density at radius 3 is 2.88 bits per heavy atom. The van der Waals surface area contributed by atoms with Gasteiger partial charge in [0, 0.05) is 45.4 Å². The average molecular weight is 228 g/mol. The van der Waals surface area contributed by atoms with Crippen LogP contribution in [0.2, 0.25) is 0 Å². The molecule has 3 atom stereocenters. The first-order valence-corrected chi connectivity index (χ1v) is 6.63. The Balaban J connectivity index is 2.36. The lowest BCUT2D eigenvalue weighted by atomic mass is 10.0. The zero-order chi connectivity index (χ0) is 12.0. The topological polar surface area (TPSA) is 24.5 Å². The third kappa shape index (κ3) is 4.40. The molecule has 1 fully saturated rings. The SMILES string of the molecule is CCCC1CN(CC(C)COC)C(C)CN1. The third-order valence-electron chi connectivity index (χ3n) is 3.41. The van der Waals surface area contributed by atoms with Crippen LogP contribution in [0, 0.1) is 5.92 Å². The van der Waals surface area contributed by atoms with E-state index in [0.717, 1.165) is 19.7 Å². The van der Waals surface area contributed by atoms with Crippen LogP contribution in [0.3, 0.4) is 0 Å². The molecule has 0 aromatic rings. The summed E-state index contributed by atoms with van der Waals surface area (Å²) >= 11 is 0. The van der Waals surface area contributed by atoms with Gasteiger partial charge in [-0.15, -0.1) is 0 Å². The third-order valence-corrected chi connectivity index (χ3v) is 3.41. The Kier molecular flexibility index (Phi) is 6.32. The molecule has 0 radical (unpaired) electrons. The van der Waals surface area contributed by atoms with Crippen LogP contribution in [0.4, 0.5) is 0 Å². The van der Waals surface area contributed by atoms with Crippen LogP contribution in [0.25, 0.3) is 0 Å². The van der Waals surface area contributed by atoms with Crippen LogP contribution in [-0.2, 0) is 4.74 Å². The summed E-state index contributed by atoms with van der Waals surface area (Å²) in [6.45, 7) is 11.2. The molecule has 0 aromatic carbocycles. The van der Waals surface area contributed by atoms with Crippen molar-refractivity contribution in [1.82, 2.24) is 10.2 Å². The maximum atomic E-state index is 5.21. The lowest BCUT2D eigenvalue weighted by molar-refractivity contribution is 0.0857. The lowest BCUT2D eigenvalue weighted by Gasteiger charge is -2.40. The van der Waals surface area contributed by atoms with Gasteiger partial charge in [0.2, 0.25) is 0 Å². The molecule has 16 heavy (non-hydrogen) atoms. The molecule has 0 amide bonds. The first kappa shape index (κ1) is 13.9. The summed E-state index contributed by atoms with van der Waals surface area (Å²) in [5.74, 6) is 0.632. The van der Waals surface area contributed by atoms with Crippen molar-refractivity contribution >= 4 is 0 Å². The molecule has 1 aliphatic heterocycles. The largest absolute Gasteiger partial charge is 0.384 e. The van der Waals surface area contributed by atoms with Gasteiger partial charge in [0.1, 0.15) is 0 Å². The number of piperazine rings is 1. The Morgan fingerprint density at radius 2 is 2.25 bits per heavy atom. The summed E-state index contributed by atoms with van der Waals surface area (Å²) in [6, 6.07) is 1.35.